The molecule has 0 amide bonds. The molecule has 1 aromatic heterocycles. The average molecular weight is 487 g/mol. The number of fused-ring (bicyclic) bond motifs is 1. The fourth-order valence-corrected chi connectivity index (χ4v) is 7.16. The van der Waals surface area contributed by atoms with Gasteiger partial charge in [-0.25, -0.2) is 0 Å². The third-order valence-electron chi connectivity index (χ3n) is 7.93. The Kier molecular flexibility index (Phi) is 9.92. The van der Waals surface area contributed by atoms with Gasteiger partial charge in [-0.3, -0.25) is 4.98 Å². The molecule has 2 N–H and O–H groups in total. The van der Waals surface area contributed by atoms with Gasteiger partial charge in [0.15, 0.2) is 0 Å². The van der Waals surface area contributed by atoms with Gasteiger partial charge in [0.25, 0.3) is 0 Å². The second-order valence-electron chi connectivity index (χ2n) is 10.2. The van der Waals surface area contributed by atoms with Crippen LogP contribution in [-0.2, 0) is 0 Å². The van der Waals surface area contributed by atoms with E-state index in [1.165, 1.54) is 44.3 Å². The van der Waals surface area contributed by atoms with Gasteiger partial charge in [0.05, 0.1) is 18.7 Å². The molecule has 188 valence electrons. The van der Waals surface area contributed by atoms with Gasteiger partial charge in [0.1, 0.15) is 5.75 Å². The van der Waals surface area contributed by atoms with E-state index in [-0.39, 0.29) is 6.61 Å². The van der Waals surface area contributed by atoms with Crippen LogP contribution in [0.15, 0.2) is 30.5 Å². The van der Waals surface area contributed by atoms with Crippen LogP contribution in [0.3, 0.4) is 0 Å². The summed E-state index contributed by atoms with van der Waals surface area (Å²) in [4.78, 5) is 6.99. The van der Waals surface area contributed by atoms with Gasteiger partial charge in [-0.15, -0.1) is 0 Å². The normalized spacial score (nSPS) is 23.6. The Morgan fingerprint density at radius 1 is 1.12 bits per heavy atom. The summed E-state index contributed by atoms with van der Waals surface area (Å²) >= 11 is 2.18. The third kappa shape index (κ3) is 6.87. The first-order valence-corrected chi connectivity index (χ1v) is 14.3. The Balaban J connectivity index is 1.26. The van der Waals surface area contributed by atoms with Crippen molar-refractivity contribution in [3.63, 3.8) is 0 Å². The zero-order chi connectivity index (χ0) is 23.8. The van der Waals surface area contributed by atoms with Gasteiger partial charge in [0, 0.05) is 42.3 Å². The monoisotopic (exact) mass is 486 g/mol. The van der Waals surface area contributed by atoms with Gasteiger partial charge in [-0.1, -0.05) is 25.7 Å². The van der Waals surface area contributed by atoms with Crippen LogP contribution in [0.2, 0.25) is 0 Å². The molecule has 0 bridgehead atoms. The lowest BCUT2D eigenvalue weighted by atomic mass is 9.81. The molecule has 2 fully saturated rings. The number of aliphatic hydroxyl groups excluding tert-OH is 2. The number of benzene rings is 1. The van der Waals surface area contributed by atoms with Crippen molar-refractivity contribution in [2.75, 3.05) is 39.1 Å². The van der Waals surface area contributed by atoms with Gasteiger partial charge in [0.2, 0.25) is 0 Å². The molecule has 1 aliphatic heterocycles. The van der Waals surface area contributed by atoms with Crippen molar-refractivity contribution < 1.29 is 14.9 Å². The molecule has 6 heteroatoms. The third-order valence-corrected chi connectivity index (χ3v) is 9.29. The Bertz CT molecular complexity index is 887. The fourth-order valence-electron chi connectivity index (χ4n) is 5.79. The highest BCUT2D eigenvalue weighted by Crippen LogP contribution is 2.34. The summed E-state index contributed by atoms with van der Waals surface area (Å²) < 4.78 is 5.38. The SMILES string of the molecule is COc1ccc2nccc([C@H](O)CC[C@@H]3CCN(CCSC4CCCCCC4)C[C@@H]3CO)c2c1. The number of aromatic nitrogens is 1. The Morgan fingerprint density at radius 2 is 1.94 bits per heavy atom. The Morgan fingerprint density at radius 3 is 2.71 bits per heavy atom. The van der Waals surface area contributed by atoms with Crippen molar-refractivity contribution in [2.24, 2.45) is 11.8 Å². The minimum Gasteiger partial charge on any atom is -0.497 e. The van der Waals surface area contributed by atoms with Crippen LogP contribution >= 0.6 is 11.8 Å². The second-order valence-corrected chi connectivity index (χ2v) is 11.6. The molecule has 2 heterocycles. The van der Waals surface area contributed by atoms with E-state index in [9.17, 15) is 10.2 Å². The maximum atomic E-state index is 11.0. The molecule has 3 atom stereocenters. The Hall–Kier alpha value is -1.34. The minimum absolute atomic E-state index is 0.239. The molecular formula is C28H42N2O3S. The predicted octanol–water partition coefficient (Wildman–Crippen LogP) is 5.44. The highest BCUT2D eigenvalue weighted by molar-refractivity contribution is 7.99. The van der Waals surface area contributed by atoms with Crippen molar-refractivity contribution in [3.8, 4) is 5.75 Å². The van der Waals surface area contributed by atoms with Crippen LogP contribution in [0.4, 0.5) is 0 Å². The molecule has 0 unspecified atom stereocenters. The molecule has 2 aromatic rings. The van der Waals surface area contributed by atoms with Crippen LogP contribution in [0, 0.1) is 11.8 Å². The lowest BCUT2D eigenvalue weighted by molar-refractivity contribution is 0.0608. The summed E-state index contributed by atoms with van der Waals surface area (Å²) in [5, 5.41) is 23.0. The summed E-state index contributed by atoms with van der Waals surface area (Å²) in [7, 11) is 1.66. The molecule has 0 radical (unpaired) electrons. The molecule has 0 spiro atoms. The lowest BCUT2D eigenvalue weighted by Gasteiger charge is -2.38. The van der Waals surface area contributed by atoms with Crippen LogP contribution in [0.1, 0.15) is 69.5 Å². The number of hydrogen-bond donors (Lipinski definition) is 2. The average Bonchev–Trinajstić information content (AvgIpc) is 3.15. The number of nitrogens with zero attached hydrogens (tertiary/aromatic N) is 2. The molecule has 5 nitrogen and oxygen atoms in total. The highest BCUT2D eigenvalue weighted by Gasteiger charge is 2.29. The van der Waals surface area contributed by atoms with Crippen LogP contribution < -0.4 is 4.74 Å². The van der Waals surface area contributed by atoms with Gasteiger partial charge in [-0.05, 0) is 80.3 Å². The van der Waals surface area contributed by atoms with Crippen molar-refractivity contribution in [2.45, 2.75) is 69.1 Å². The Labute approximate surface area is 209 Å². The molecule has 4 rings (SSSR count). The first-order chi connectivity index (χ1) is 16.7. The number of hydrogen-bond acceptors (Lipinski definition) is 6. The first-order valence-electron chi connectivity index (χ1n) is 13.2. The summed E-state index contributed by atoms with van der Waals surface area (Å²) in [6.07, 6.45) is 12.4. The largest absolute Gasteiger partial charge is 0.497 e. The molecule has 1 aromatic carbocycles. The summed E-state index contributed by atoms with van der Waals surface area (Å²) in [6.45, 7) is 3.47. The van der Waals surface area contributed by atoms with Crippen molar-refractivity contribution in [3.05, 3.63) is 36.0 Å². The molecule has 1 aliphatic carbocycles. The van der Waals surface area contributed by atoms with E-state index in [1.54, 1.807) is 13.3 Å². The molecule has 34 heavy (non-hydrogen) atoms. The topological polar surface area (TPSA) is 65.8 Å². The lowest BCUT2D eigenvalue weighted by Crippen LogP contribution is -2.43. The van der Waals surface area contributed by atoms with Gasteiger partial charge in [-0.2, -0.15) is 11.8 Å². The number of piperidine rings is 1. The van der Waals surface area contributed by atoms with E-state index in [0.717, 1.165) is 59.9 Å². The van der Waals surface area contributed by atoms with Crippen molar-refractivity contribution >= 4 is 22.7 Å². The van der Waals surface area contributed by atoms with Gasteiger partial charge < -0.3 is 19.8 Å². The van der Waals surface area contributed by atoms with E-state index in [2.05, 4.69) is 21.6 Å². The highest BCUT2D eigenvalue weighted by atomic mass is 32.2. The summed E-state index contributed by atoms with van der Waals surface area (Å²) in [5.41, 5.74) is 1.79. The quantitative estimate of drug-likeness (QED) is 0.436. The van der Waals surface area contributed by atoms with Crippen LogP contribution in [-0.4, -0.2) is 64.5 Å². The number of rotatable bonds is 10. The van der Waals surface area contributed by atoms with Crippen LogP contribution in [0.5, 0.6) is 5.75 Å². The molecule has 1 saturated heterocycles. The first kappa shape index (κ1) is 25.7. The minimum atomic E-state index is -0.536. The van der Waals surface area contributed by atoms with E-state index >= 15 is 0 Å². The number of likely N-dealkylation sites (tertiary alicyclic amines) is 1. The molecular weight excluding hydrogens is 444 g/mol. The van der Waals surface area contributed by atoms with Crippen molar-refractivity contribution in [1.82, 2.24) is 9.88 Å². The number of aliphatic hydroxyl groups is 2. The molecule has 1 saturated carbocycles. The smallest absolute Gasteiger partial charge is 0.119 e. The van der Waals surface area contributed by atoms with Gasteiger partial charge >= 0.3 is 0 Å². The maximum absolute atomic E-state index is 11.0. The van der Waals surface area contributed by atoms with Crippen LogP contribution in [0.25, 0.3) is 10.9 Å². The number of ether oxygens (including phenoxy) is 1. The second kappa shape index (κ2) is 13.1. The number of methoxy groups -OCH3 is 1. The number of thioether (sulfide) groups is 1. The number of pyridine rings is 1. The predicted molar refractivity (Wildman–Crippen MR) is 142 cm³/mol. The maximum Gasteiger partial charge on any atom is 0.119 e. The van der Waals surface area contributed by atoms with E-state index in [0.29, 0.717) is 18.3 Å². The summed E-state index contributed by atoms with van der Waals surface area (Å²) in [5.74, 6) is 2.76. The standard InChI is InChI=1S/C28H42N2O3S/c1-33-23-9-10-27-26(18-23)25(12-14-29-27)28(32)11-8-21-13-15-30(19-22(21)20-31)16-17-34-24-6-4-2-3-5-7-24/h9-10,12,14,18,21-22,24,28,31-32H,2-8,11,13,15-17,19-20H2,1H3/t21-,22-,28-/m1/s1. The zero-order valence-corrected chi connectivity index (χ0v) is 21.5. The summed E-state index contributed by atoms with van der Waals surface area (Å²) in [6, 6.07) is 7.73. The fraction of sp³-hybridized carbons (Fsp3) is 0.679. The zero-order valence-electron chi connectivity index (χ0n) is 20.7. The van der Waals surface area contributed by atoms with E-state index in [1.807, 2.05) is 24.3 Å². The van der Waals surface area contributed by atoms with E-state index < -0.39 is 6.10 Å². The van der Waals surface area contributed by atoms with E-state index in [4.69, 9.17) is 4.74 Å². The molecule has 2 aliphatic rings. The van der Waals surface area contributed by atoms with Crippen molar-refractivity contribution in [1.29, 1.82) is 0 Å².